The van der Waals surface area contributed by atoms with Crippen molar-refractivity contribution in [3.05, 3.63) is 52.1 Å². The van der Waals surface area contributed by atoms with Crippen LogP contribution in [0.1, 0.15) is 5.56 Å². The van der Waals surface area contributed by atoms with Crippen LogP contribution in [0.15, 0.2) is 36.4 Å². The summed E-state index contributed by atoms with van der Waals surface area (Å²) in [6.07, 6.45) is 0. The molecule has 3 rings (SSSR count). The van der Waals surface area contributed by atoms with Crippen molar-refractivity contribution < 1.29 is 9.66 Å². The lowest BCUT2D eigenvalue weighted by atomic mass is 10.2. The van der Waals surface area contributed by atoms with Crippen LogP contribution in [0, 0.1) is 17.0 Å². The maximum Gasteiger partial charge on any atom is 0.311 e. The molecule has 1 N–H and O–H groups in total. The van der Waals surface area contributed by atoms with Gasteiger partial charge < -0.3 is 9.72 Å². The van der Waals surface area contributed by atoms with Gasteiger partial charge in [0.1, 0.15) is 5.82 Å². The SMILES string of the molecule is COc1ccc(-c2nc3ccc(C)cc3[nH]2)cc1[N+](=O)[O-]. The van der Waals surface area contributed by atoms with Crippen LogP contribution in [-0.2, 0) is 0 Å². The summed E-state index contributed by atoms with van der Waals surface area (Å²) in [4.78, 5) is 18.3. The van der Waals surface area contributed by atoms with E-state index in [4.69, 9.17) is 4.74 Å². The molecule has 0 aliphatic heterocycles. The van der Waals surface area contributed by atoms with Gasteiger partial charge in [-0.15, -0.1) is 0 Å². The first-order chi connectivity index (χ1) is 10.1. The molecule has 6 nitrogen and oxygen atoms in total. The normalized spacial score (nSPS) is 10.8. The molecule has 1 aromatic heterocycles. The number of nitrogens with zero attached hydrogens (tertiary/aromatic N) is 2. The van der Waals surface area contributed by atoms with Gasteiger partial charge >= 0.3 is 5.69 Å². The summed E-state index contributed by atoms with van der Waals surface area (Å²) < 4.78 is 5.00. The lowest BCUT2D eigenvalue weighted by molar-refractivity contribution is -0.385. The van der Waals surface area contributed by atoms with E-state index in [0.717, 1.165) is 16.6 Å². The number of benzene rings is 2. The molecule has 0 unspecified atom stereocenters. The molecule has 0 radical (unpaired) electrons. The van der Waals surface area contributed by atoms with Crippen LogP contribution in [0.2, 0.25) is 0 Å². The third-order valence-corrected chi connectivity index (χ3v) is 3.29. The highest BCUT2D eigenvalue weighted by Gasteiger charge is 2.17. The fraction of sp³-hybridized carbons (Fsp3) is 0.133. The fourth-order valence-corrected chi connectivity index (χ4v) is 2.24. The van der Waals surface area contributed by atoms with Gasteiger partial charge in [-0.1, -0.05) is 6.07 Å². The first-order valence-corrected chi connectivity index (χ1v) is 6.37. The number of rotatable bonds is 3. The summed E-state index contributed by atoms with van der Waals surface area (Å²) >= 11 is 0. The van der Waals surface area contributed by atoms with Gasteiger partial charge in [0.05, 0.1) is 23.1 Å². The van der Waals surface area contributed by atoms with Crippen LogP contribution < -0.4 is 4.74 Å². The Labute approximate surface area is 120 Å². The molecular formula is C15H13N3O3. The molecular weight excluding hydrogens is 270 g/mol. The van der Waals surface area contributed by atoms with Gasteiger partial charge in [0.2, 0.25) is 0 Å². The number of hydrogen-bond donors (Lipinski definition) is 1. The molecule has 0 saturated carbocycles. The van der Waals surface area contributed by atoms with E-state index >= 15 is 0 Å². The first kappa shape index (κ1) is 13.1. The molecule has 21 heavy (non-hydrogen) atoms. The maximum atomic E-state index is 11.1. The van der Waals surface area contributed by atoms with Crippen LogP contribution in [0.25, 0.3) is 22.4 Å². The van der Waals surface area contributed by atoms with E-state index in [1.165, 1.54) is 13.2 Å². The smallest absolute Gasteiger partial charge is 0.311 e. The van der Waals surface area contributed by atoms with Gasteiger partial charge in [-0.05, 0) is 36.8 Å². The van der Waals surface area contributed by atoms with E-state index in [2.05, 4.69) is 9.97 Å². The minimum absolute atomic E-state index is 0.0772. The molecule has 2 aromatic carbocycles. The Kier molecular flexibility index (Phi) is 3.06. The van der Waals surface area contributed by atoms with E-state index in [9.17, 15) is 10.1 Å². The second-order valence-electron chi connectivity index (χ2n) is 4.75. The third-order valence-electron chi connectivity index (χ3n) is 3.29. The summed E-state index contributed by atoms with van der Waals surface area (Å²) in [6, 6.07) is 10.7. The van der Waals surface area contributed by atoms with Crippen LogP contribution in [0.4, 0.5) is 5.69 Å². The van der Waals surface area contributed by atoms with Crippen molar-refractivity contribution >= 4 is 16.7 Å². The molecule has 1 heterocycles. The fourth-order valence-electron chi connectivity index (χ4n) is 2.24. The highest BCUT2D eigenvalue weighted by Crippen LogP contribution is 2.31. The number of methoxy groups -OCH3 is 1. The van der Waals surface area contributed by atoms with Crippen LogP contribution >= 0.6 is 0 Å². The van der Waals surface area contributed by atoms with Gasteiger partial charge in [-0.3, -0.25) is 10.1 Å². The van der Waals surface area contributed by atoms with Crippen molar-refractivity contribution in [3.63, 3.8) is 0 Å². The quantitative estimate of drug-likeness (QED) is 0.589. The molecule has 3 aromatic rings. The van der Waals surface area contributed by atoms with Gasteiger partial charge in [-0.25, -0.2) is 4.98 Å². The van der Waals surface area contributed by atoms with E-state index in [0.29, 0.717) is 11.4 Å². The zero-order chi connectivity index (χ0) is 15.0. The standard InChI is InChI=1S/C15H13N3O3/c1-9-3-5-11-12(7-9)17-15(16-11)10-4-6-14(21-2)13(8-10)18(19)20/h3-8H,1-2H3,(H,16,17). The van der Waals surface area contributed by atoms with E-state index in [1.807, 2.05) is 25.1 Å². The van der Waals surface area contributed by atoms with Crippen molar-refractivity contribution in [2.75, 3.05) is 7.11 Å². The highest BCUT2D eigenvalue weighted by molar-refractivity contribution is 5.80. The molecule has 0 fully saturated rings. The van der Waals surface area contributed by atoms with Crippen LogP contribution in [0.5, 0.6) is 5.75 Å². The Morgan fingerprint density at radius 2 is 2.05 bits per heavy atom. The molecule has 0 atom stereocenters. The Morgan fingerprint density at radius 1 is 1.24 bits per heavy atom. The summed E-state index contributed by atoms with van der Waals surface area (Å²) in [7, 11) is 1.41. The Bertz CT molecular complexity index is 839. The number of ether oxygens (including phenoxy) is 1. The zero-order valence-electron chi connectivity index (χ0n) is 11.6. The Hall–Kier alpha value is -2.89. The molecule has 0 saturated heterocycles. The monoisotopic (exact) mass is 283 g/mol. The second kappa shape index (κ2) is 4.90. The summed E-state index contributed by atoms with van der Waals surface area (Å²) in [5.74, 6) is 0.831. The summed E-state index contributed by atoms with van der Waals surface area (Å²) in [5, 5.41) is 11.1. The second-order valence-corrected chi connectivity index (χ2v) is 4.75. The largest absolute Gasteiger partial charge is 0.490 e. The number of imidazole rings is 1. The third kappa shape index (κ3) is 2.31. The molecule has 0 amide bonds. The van der Waals surface area contributed by atoms with E-state index in [1.54, 1.807) is 12.1 Å². The van der Waals surface area contributed by atoms with E-state index in [-0.39, 0.29) is 11.4 Å². The zero-order valence-corrected chi connectivity index (χ0v) is 11.6. The molecule has 0 bridgehead atoms. The molecule has 0 aliphatic rings. The predicted molar refractivity (Wildman–Crippen MR) is 79.5 cm³/mol. The number of aromatic amines is 1. The summed E-state index contributed by atoms with van der Waals surface area (Å²) in [6.45, 7) is 2.00. The average molecular weight is 283 g/mol. The van der Waals surface area contributed by atoms with Gasteiger partial charge in [0.15, 0.2) is 5.75 Å². The average Bonchev–Trinajstić information content (AvgIpc) is 2.89. The Balaban J connectivity index is 2.13. The van der Waals surface area contributed by atoms with Crippen molar-refractivity contribution in [2.24, 2.45) is 0 Å². The van der Waals surface area contributed by atoms with Gasteiger partial charge in [0, 0.05) is 11.6 Å². The number of aryl methyl sites for hydroxylation is 1. The minimum atomic E-state index is -0.463. The Morgan fingerprint density at radius 3 is 2.76 bits per heavy atom. The number of hydrogen-bond acceptors (Lipinski definition) is 4. The van der Waals surface area contributed by atoms with Crippen LogP contribution in [-0.4, -0.2) is 22.0 Å². The molecule has 0 aliphatic carbocycles. The molecule has 0 spiro atoms. The number of H-pyrrole nitrogens is 1. The molecule has 6 heteroatoms. The first-order valence-electron chi connectivity index (χ1n) is 6.37. The number of aromatic nitrogens is 2. The lowest BCUT2D eigenvalue weighted by Gasteiger charge is -2.02. The number of nitro groups is 1. The van der Waals surface area contributed by atoms with Crippen molar-refractivity contribution in [2.45, 2.75) is 6.92 Å². The predicted octanol–water partition coefficient (Wildman–Crippen LogP) is 3.46. The number of nitro benzene ring substituents is 1. The highest BCUT2D eigenvalue weighted by atomic mass is 16.6. The van der Waals surface area contributed by atoms with Crippen LogP contribution in [0.3, 0.4) is 0 Å². The van der Waals surface area contributed by atoms with Crippen molar-refractivity contribution in [3.8, 4) is 17.1 Å². The maximum absolute atomic E-state index is 11.1. The minimum Gasteiger partial charge on any atom is -0.490 e. The van der Waals surface area contributed by atoms with E-state index < -0.39 is 4.92 Å². The van der Waals surface area contributed by atoms with Crippen molar-refractivity contribution in [1.82, 2.24) is 9.97 Å². The number of nitrogens with one attached hydrogen (secondary N) is 1. The topological polar surface area (TPSA) is 81.0 Å². The lowest BCUT2D eigenvalue weighted by Crippen LogP contribution is -1.94. The van der Waals surface area contributed by atoms with Crippen molar-refractivity contribution in [1.29, 1.82) is 0 Å². The van der Waals surface area contributed by atoms with Gasteiger partial charge in [0.25, 0.3) is 0 Å². The van der Waals surface area contributed by atoms with Gasteiger partial charge in [-0.2, -0.15) is 0 Å². The summed E-state index contributed by atoms with van der Waals surface area (Å²) in [5.41, 5.74) is 3.43. The number of fused-ring (bicyclic) bond motifs is 1. The molecule has 106 valence electrons.